The topological polar surface area (TPSA) is 77.8 Å². The lowest BCUT2D eigenvalue weighted by Gasteiger charge is -2.24. The number of para-hydroxylation sites is 1. The molecule has 7 heteroatoms. The van der Waals surface area contributed by atoms with Gasteiger partial charge in [0.2, 0.25) is 5.91 Å². The molecule has 0 bridgehead atoms. The van der Waals surface area contributed by atoms with Crippen LogP contribution in [0.5, 0.6) is 11.5 Å². The second kappa shape index (κ2) is 8.71. The molecule has 1 spiro atoms. The zero-order valence-corrected chi connectivity index (χ0v) is 18.2. The van der Waals surface area contributed by atoms with Crippen LogP contribution in [0.2, 0.25) is 0 Å². The smallest absolute Gasteiger partial charge is 0.251 e. The quantitative estimate of drug-likeness (QED) is 0.793. The minimum Gasteiger partial charge on any atom is -0.448 e. The van der Waals surface area contributed by atoms with Crippen molar-refractivity contribution in [2.24, 2.45) is 0 Å². The Kier molecular flexibility index (Phi) is 5.62. The van der Waals surface area contributed by atoms with E-state index >= 15 is 0 Å². The van der Waals surface area contributed by atoms with E-state index < -0.39 is 5.79 Å². The van der Waals surface area contributed by atoms with Gasteiger partial charge < -0.3 is 19.7 Å². The summed E-state index contributed by atoms with van der Waals surface area (Å²) < 4.78 is 12.2. The van der Waals surface area contributed by atoms with Gasteiger partial charge in [0.1, 0.15) is 6.07 Å². The molecule has 1 saturated heterocycles. The SMILES string of the molecule is N#Cc1ccccc1N1CCCN(CC(=O)Nc2ccc3c(c2)OC2(CCCC2)O3)CC1. The summed E-state index contributed by atoms with van der Waals surface area (Å²) in [4.78, 5) is 17.1. The van der Waals surface area contributed by atoms with Crippen LogP contribution in [0, 0.1) is 11.3 Å². The number of ether oxygens (including phenoxy) is 2. The molecule has 7 nitrogen and oxygen atoms in total. The fourth-order valence-corrected chi connectivity index (χ4v) is 4.91. The summed E-state index contributed by atoms with van der Waals surface area (Å²) in [6.07, 6.45) is 5.00. The summed E-state index contributed by atoms with van der Waals surface area (Å²) in [5, 5.41) is 12.4. The van der Waals surface area contributed by atoms with Crippen LogP contribution in [-0.4, -0.2) is 49.3 Å². The predicted octanol–water partition coefficient (Wildman–Crippen LogP) is 3.75. The first-order valence-electron chi connectivity index (χ1n) is 11.4. The number of hydrogen-bond donors (Lipinski definition) is 1. The normalized spacial score (nSPS) is 19.5. The Labute approximate surface area is 188 Å². The zero-order valence-electron chi connectivity index (χ0n) is 18.2. The molecule has 2 aliphatic heterocycles. The minimum absolute atomic E-state index is 0.0367. The minimum atomic E-state index is -0.493. The van der Waals surface area contributed by atoms with Crippen molar-refractivity contribution in [1.82, 2.24) is 4.90 Å². The van der Waals surface area contributed by atoms with Gasteiger partial charge in [-0.15, -0.1) is 0 Å². The van der Waals surface area contributed by atoms with Crippen LogP contribution < -0.4 is 19.7 Å². The molecule has 32 heavy (non-hydrogen) atoms. The molecule has 2 aromatic carbocycles. The fourth-order valence-electron chi connectivity index (χ4n) is 4.91. The number of hydrogen-bond acceptors (Lipinski definition) is 6. The van der Waals surface area contributed by atoms with Crippen molar-refractivity contribution < 1.29 is 14.3 Å². The van der Waals surface area contributed by atoms with Gasteiger partial charge in [0.15, 0.2) is 11.5 Å². The van der Waals surface area contributed by atoms with Gasteiger partial charge in [0.05, 0.1) is 17.8 Å². The van der Waals surface area contributed by atoms with E-state index in [4.69, 9.17) is 9.47 Å². The van der Waals surface area contributed by atoms with Gasteiger partial charge in [-0.05, 0) is 43.5 Å². The molecule has 1 saturated carbocycles. The molecule has 1 N–H and O–H groups in total. The Balaban J connectivity index is 1.17. The van der Waals surface area contributed by atoms with Gasteiger partial charge >= 0.3 is 0 Å². The van der Waals surface area contributed by atoms with E-state index in [0.29, 0.717) is 17.9 Å². The van der Waals surface area contributed by atoms with E-state index in [1.165, 1.54) is 0 Å². The van der Waals surface area contributed by atoms with Crippen LogP contribution in [0.15, 0.2) is 42.5 Å². The lowest BCUT2D eigenvalue weighted by atomic mass is 10.1. The Morgan fingerprint density at radius 3 is 2.66 bits per heavy atom. The highest BCUT2D eigenvalue weighted by Crippen LogP contribution is 2.47. The largest absolute Gasteiger partial charge is 0.448 e. The maximum atomic E-state index is 12.7. The van der Waals surface area contributed by atoms with Gasteiger partial charge in [-0.1, -0.05) is 12.1 Å². The number of carbonyl (C=O) groups is 1. The predicted molar refractivity (Wildman–Crippen MR) is 122 cm³/mol. The standard InChI is InChI=1S/C25H28N4O3/c26-17-19-6-1-2-7-21(19)29-13-5-12-28(14-15-29)18-24(30)27-20-8-9-22-23(16-20)32-25(31-22)10-3-4-11-25/h1-2,6-9,16H,3-5,10-15,18H2,(H,27,30). The molecule has 0 atom stereocenters. The number of benzene rings is 2. The number of amides is 1. The molecule has 2 fully saturated rings. The first-order valence-corrected chi connectivity index (χ1v) is 11.4. The number of carbonyl (C=O) groups excluding carboxylic acids is 1. The Hall–Kier alpha value is -3.24. The average molecular weight is 433 g/mol. The molecule has 0 aromatic heterocycles. The van der Waals surface area contributed by atoms with E-state index in [0.717, 1.165) is 75.4 Å². The van der Waals surface area contributed by atoms with Crippen LogP contribution >= 0.6 is 0 Å². The van der Waals surface area contributed by atoms with E-state index in [-0.39, 0.29) is 5.91 Å². The summed E-state index contributed by atoms with van der Waals surface area (Å²) >= 11 is 0. The average Bonchev–Trinajstić information content (AvgIpc) is 3.33. The molecule has 1 aliphatic carbocycles. The van der Waals surface area contributed by atoms with Crippen LogP contribution in [0.4, 0.5) is 11.4 Å². The van der Waals surface area contributed by atoms with Crippen molar-refractivity contribution in [1.29, 1.82) is 5.26 Å². The van der Waals surface area contributed by atoms with E-state index in [1.54, 1.807) is 0 Å². The molecule has 166 valence electrons. The first-order chi connectivity index (χ1) is 15.6. The molecule has 3 aliphatic rings. The van der Waals surface area contributed by atoms with Crippen molar-refractivity contribution in [3.05, 3.63) is 48.0 Å². The molecule has 2 heterocycles. The zero-order chi connectivity index (χ0) is 22.0. The number of nitrogens with one attached hydrogen (secondary N) is 1. The molecule has 1 amide bonds. The number of fused-ring (bicyclic) bond motifs is 1. The highest BCUT2D eigenvalue weighted by atomic mass is 16.7. The van der Waals surface area contributed by atoms with Crippen molar-refractivity contribution >= 4 is 17.3 Å². The second-order valence-corrected chi connectivity index (χ2v) is 8.78. The summed E-state index contributed by atoms with van der Waals surface area (Å²) in [6, 6.07) is 15.6. The molecular weight excluding hydrogens is 404 g/mol. The maximum Gasteiger partial charge on any atom is 0.251 e. The molecular formula is C25H28N4O3. The number of rotatable bonds is 4. The van der Waals surface area contributed by atoms with E-state index in [2.05, 4.69) is 21.2 Å². The van der Waals surface area contributed by atoms with Gasteiger partial charge in [-0.2, -0.15) is 5.26 Å². The molecule has 0 unspecified atom stereocenters. The molecule has 0 radical (unpaired) electrons. The van der Waals surface area contributed by atoms with E-state index in [1.807, 2.05) is 42.5 Å². The number of nitriles is 1. The lowest BCUT2D eigenvalue weighted by molar-refractivity contribution is -0.117. The second-order valence-electron chi connectivity index (χ2n) is 8.78. The third-order valence-corrected chi connectivity index (χ3v) is 6.51. The Morgan fingerprint density at radius 2 is 1.81 bits per heavy atom. The Bertz CT molecular complexity index is 1040. The van der Waals surface area contributed by atoms with Crippen LogP contribution in [0.1, 0.15) is 37.7 Å². The summed E-state index contributed by atoms with van der Waals surface area (Å²) in [5.74, 6) is 0.944. The Morgan fingerprint density at radius 1 is 1.00 bits per heavy atom. The summed E-state index contributed by atoms with van der Waals surface area (Å²) in [7, 11) is 0. The lowest BCUT2D eigenvalue weighted by Crippen LogP contribution is -2.36. The monoisotopic (exact) mass is 432 g/mol. The van der Waals surface area contributed by atoms with Gasteiger partial charge in [-0.3, -0.25) is 9.69 Å². The summed E-state index contributed by atoms with van der Waals surface area (Å²) in [6.45, 7) is 3.63. The number of nitrogens with zero attached hydrogens (tertiary/aromatic N) is 3. The van der Waals surface area contributed by atoms with Crippen molar-refractivity contribution in [3.8, 4) is 17.6 Å². The van der Waals surface area contributed by atoms with E-state index in [9.17, 15) is 10.1 Å². The molecule has 5 rings (SSSR count). The third kappa shape index (κ3) is 4.23. The first kappa shape index (κ1) is 20.7. The highest BCUT2D eigenvalue weighted by Gasteiger charge is 2.44. The van der Waals surface area contributed by atoms with Crippen LogP contribution in [0.25, 0.3) is 0 Å². The van der Waals surface area contributed by atoms with Crippen molar-refractivity contribution in [2.75, 3.05) is 42.9 Å². The maximum absolute atomic E-state index is 12.7. The summed E-state index contributed by atoms with van der Waals surface area (Å²) in [5.41, 5.74) is 2.40. The third-order valence-electron chi connectivity index (χ3n) is 6.51. The fraction of sp³-hybridized carbons (Fsp3) is 0.440. The highest BCUT2D eigenvalue weighted by molar-refractivity contribution is 5.92. The van der Waals surface area contributed by atoms with Crippen molar-refractivity contribution in [2.45, 2.75) is 37.9 Å². The van der Waals surface area contributed by atoms with Gasteiger partial charge in [0, 0.05) is 50.8 Å². The van der Waals surface area contributed by atoms with Gasteiger partial charge in [-0.25, -0.2) is 0 Å². The van der Waals surface area contributed by atoms with Crippen molar-refractivity contribution in [3.63, 3.8) is 0 Å². The van der Waals surface area contributed by atoms with Crippen LogP contribution in [-0.2, 0) is 4.79 Å². The molecule has 2 aromatic rings. The van der Waals surface area contributed by atoms with Gasteiger partial charge in [0.25, 0.3) is 5.79 Å². The number of anilines is 2. The van der Waals surface area contributed by atoms with Crippen LogP contribution in [0.3, 0.4) is 0 Å².